The molecule has 3 heterocycles. The molecule has 2 aromatic carbocycles. The standard InChI is InChI=1S/C26H32N8O/c1-16-8-17(2)10-20(9-16)30-26-29-12-19-13-34(15-24(19)31-26)21-4-3-7-33(14-21)25(35)18-5-6-23(32-28)22(27)11-18/h5-6,8-12,21,32H,3-4,7,13-15,27-28H2,1-2H3,(H,29,30,31). The molecule has 0 aliphatic carbocycles. The molecule has 6 N–H and O–H groups in total. The largest absolute Gasteiger partial charge is 0.397 e. The van der Waals surface area contributed by atoms with Crippen molar-refractivity contribution in [3.05, 3.63) is 70.5 Å². The zero-order valence-electron chi connectivity index (χ0n) is 20.2. The number of hydrogen-bond donors (Lipinski definition) is 4. The molecule has 1 atom stereocenters. The number of piperidine rings is 1. The highest BCUT2D eigenvalue weighted by atomic mass is 16.2. The number of carbonyl (C=O) groups excluding carboxylic acids is 1. The van der Waals surface area contributed by atoms with Crippen molar-refractivity contribution in [1.29, 1.82) is 0 Å². The molecule has 9 heteroatoms. The molecule has 3 aromatic rings. The van der Waals surface area contributed by atoms with Gasteiger partial charge in [-0.1, -0.05) is 6.07 Å². The van der Waals surface area contributed by atoms with Gasteiger partial charge in [0, 0.05) is 55.2 Å². The fraction of sp³-hybridized carbons (Fsp3) is 0.346. The summed E-state index contributed by atoms with van der Waals surface area (Å²) in [5, 5.41) is 3.35. The number of carbonyl (C=O) groups is 1. The van der Waals surface area contributed by atoms with Crippen LogP contribution in [0.2, 0.25) is 0 Å². The van der Waals surface area contributed by atoms with Crippen LogP contribution in [0.25, 0.3) is 0 Å². The number of nitrogens with one attached hydrogen (secondary N) is 2. The second kappa shape index (κ2) is 9.52. The monoisotopic (exact) mass is 472 g/mol. The highest BCUT2D eigenvalue weighted by Crippen LogP contribution is 2.29. The minimum atomic E-state index is 0.00130. The summed E-state index contributed by atoms with van der Waals surface area (Å²) < 4.78 is 0. The summed E-state index contributed by atoms with van der Waals surface area (Å²) in [6.07, 6.45) is 3.94. The number of amides is 1. The van der Waals surface area contributed by atoms with E-state index in [2.05, 4.69) is 52.7 Å². The topological polar surface area (TPSA) is 125 Å². The third-order valence-electron chi connectivity index (χ3n) is 6.81. The van der Waals surface area contributed by atoms with Crippen LogP contribution in [0, 0.1) is 13.8 Å². The van der Waals surface area contributed by atoms with E-state index in [0.717, 1.165) is 49.4 Å². The van der Waals surface area contributed by atoms with Crippen LogP contribution in [-0.4, -0.2) is 44.8 Å². The molecule has 5 rings (SSSR count). The number of benzene rings is 2. The van der Waals surface area contributed by atoms with E-state index in [1.54, 1.807) is 18.2 Å². The summed E-state index contributed by atoms with van der Waals surface area (Å²) in [5.74, 6) is 6.08. The van der Waals surface area contributed by atoms with Gasteiger partial charge in [-0.2, -0.15) is 0 Å². The van der Waals surface area contributed by atoms with Crippen LogP contribution in [-0.2, 0) is 13.1 Å². The summed E-state index contributed by atoms with van der Waals surface area (Å²) >= 11 is 0. The van der Waals surface area contributed by atoms with Gasteiger partial charge in [-0.3, -0.25) is 15.5 Å². The van der Waals surface area contributed by atoms with Gasteiger partial charge < -0.3 is 21.4 Å². The van der Waals surface area contributed by atoms with Gasteiger partial charge in [0.05, 0.1) is 17.1 Å². The van der Waals surface area contributed by atoms with Crippen LogP contribution in [0.4, 0.5) is 23.0 Å². The van der Waals surface area contributed by atoms with E-state index in [4.69, 9.17) is 16.6 Å². The van der Waals surface area contributed by atoms with Gasteiger partial charge in [0.2, 0.25) is 5.95 Å². The molecule has 1 unspecified atom stereocenters. The molecule has 9 nitrogen and oxygen atoms in total. The summed E-state index contributed by atoms with van der Waals surface area (Å²) in [6.45, 7) is 7.16. The van der Waals surface area contributed by atoms with E-state index in [-0.39, 0.29) is 11.9 Å². The van der Waals surface area contributed by atoms with E-state index < -0.39 is 0 Å². The van der Waals surface area contributed by atoms with Crippen molar-refractivity contribution >= 4 is 28.9 Å². The van der Waals surface area contributed by atoms with Crippen LogP contribution in [0.1, 0.15) is 45.6 Å². The molecular formula is C26H32N8O. The number of likely N-dealkylation sites (tertiary alicyclic amines) is 1. The lowest BCUT2D eigenvalue weighted by molar-refractivity contribution is 0.0567. The van der Waals surface area contributed by atoms with Gasteiger partial charge in [0.15, 0.2) is 0 Å². The third kappa shape index (κ3) is 4.91. The van der Waals surface area contributed by atoms with Crippen LogP contribution in [0.3, 0.4) is 0 Å². The molecule has 0 spiro atoms. The Morgan fingerprint density at radius 1 is 1.11 bits per heavy atom. The van der Waals surface area contributed by atoms with Crippen molar-refractivity contribution < 1.29 is 4.79 Å². The average molecular weight is 473 g/mol. The number of fused-ring (bicyclic) bond motifs is 1. The molecule has 1 fully saturated rings. The number of rotatable bonds is 5. The van der Waals surface area contributed by atoms with E-state index >= 15 is 0 Å². The smallest absolute Gasteiger partial charge is 0.253 e. The van der Waals surface area contributed by atoms with Gasteiger partial charge in [-0.25, -0.2) is 9.97 Å². The summed E-state index contributed by atoms with van der Waals surface area (Å²) in [6, 6.07) is 11.8. The molecule has 1 aromatic heterocycles. The lowest BCUT2D eigenvalue weighted by Crippen LogP contribution is -2.48. The minimum Gasteiger partial charge on any atom is -0.397 e. The van der Waals surface area contributed by atoms with Crippen LogP contribution in [0.5, 0.6) is 0 Å². The zero-order chi connectivity index (χ0) is 24.5. The Morgan fingerprint density at radius 2 is 1.91 bits per heavy atom. The van der Waals surface area contributed by atoms with Gasteiger partial charge in [-0.15, -0.1) is 0 Å². The first-order chi connectivity index (χ1) is 16.9. The predicted octanol–water partition coefficient (Wildman–Crippen LogP) is 3.33. The Balaban J connectivity index is 1.25. The summed E-state index contributed by atoms with van der Waals surface area (Å²) in [4.78, 5) is 26.9. The molecule has 182 valence electrons. The number of hydrogen-bond acceptors (Lipinski definition) is 8. The quantitative estimate of drug-likeness (QED) is 0.253. The average Bonchev–Trinajstić information content (AvgIpc) is 3.26. The van der Waals surface area contributed by atoms with Crippen molar-refractivity contribution in [2.75, 3.05) is 29.6 Å². The number of anilines is 4. The maximum Gasteiger partial charge on any atom is 0.253 e. The maximum absolute atomic E-state index is 13.2. The van der Waals surface area contributed by atoms with E-state index in [1.807, 2.05) is 11.1 Å². The lowest BCUT2D eigenvalue weighted by Gasteiger charge is -2.37. The Hall–Kier alpha value is -3.69. The van der Waals surface area contributed by atoms with Crippen molar-refractivity contribution in [3.8, 4) is 0 Å². The second-order valence-electron chi connectivity index (χ2n) is 9.57. The van der Waals surface area contributed by atoms with Crippen molar-refractivity contribution in [1.82, 2.24) is 19.8 Å². The maximum atomic E-state index is 13.2. The molecule has 1 saturated heterocycles. The molecule has 1 amide bonds. The summed E-state index contributed by atoms with van der Waals surface area (Å²) in [7, 11) is 0. The Morgan fingerprint density at radius 3 is 2.66 bits per heavy atom. The normalized spacial score (nSPS) is 17.8. The van der Waals surface area contributed by atoms with Crippen LogP contribution >= 0.6 is 0 Å². The van der Waals surface area contributed by atoms with E-state index in [9.17, 15) is 4.79 Å². The number of aromatic nitrogens is 2. The first kappa shape index (κ1) is 23.1. The first-order valence-corrected chi connectivity index (χ1v) is 12.0. The third-order valence-corrected chi connectivity index (χ3v) is 6.81. The zero-order valence-corrected chi connectivity index (χ0v) is 20.2. The molecule has 2 aliphatic rings. The Bertz CT molecular complexity index is 1240. The summed E-state index contributed by atoms with van der Waals surface area (Å²) in [5.41, 5.74) is 15.8. The van der Waals surface area contributed by atoms with Gasteiger partial charge >= 0.3 is 0 Å². The Labute approximate surface area is 205 Å². The molecular weight excluding hydrogens is 440 g/mol. The lowest BCUT2D eigenvalue weighted by atomic mass is 10.0. The van der Waals surface area contributed by atoms with Crippen molar-refractivity contribution in [2.45, 2.75) is 45.8 Å². The first-order valence-electron chi connectivity index (χ1n) is 12.0. The SMILES string of the molecule is Cc1cc(C)cc(Nc2ncc3c(n2)CN(C2CCCN(C(=O)c4ccc(NN)c(N)c4)C2)C3)c1. The van der Waals surface area contributed by atoms with Crippen LogP contribution in [0.15, 0.2) is 42.6 Å². The number of nitrogens with two attached hydrogens (primary N) is 2. The molecule has 0 bridgehead atoms. The highest BCUT2D eigenvalue weighted by Gasteiger charge is 2.32. The molecule has 0 saturated carbocycles. The van der Waals surface area contributed by atoms with Gasteiger partial charge in [-0.05, 0) is 68.1 Å². The fourth-order valence-corrected chi connectivity index (χ4v) is 5.12. The van der Waals surface area contributed by atoms with Crippen molar-refractivity contribution in [3.63, 3.8) is 0 Å². The van der Waals surface area contributed by atoms with Crippen LogP contribution < -0.4 is 22.3 Å². The number of nitrogens with zero attached hydrogens (tertiary/aromatic N) is 4. The molecule has 35 heavy (non-hydrogen) atoms. The predicted molar refractivity (Wildman–Crippen MR) is 138 cm³/mol. The number of aryl methyl sites for hydroxylation is 2. The number of nitrogen functional groups attached to an aromatic ring is 2. The Kier molecular flexibility index (Phi) is 6.27. The van der Waals surface area contributed by atoms with Gasteiger partial charge in [0.25, 0.3) is 5.91 Å². The minimum absolute atomic E-state index is 0.00130. The van der Waals surface area contributed by atoms with Gasteiger partial charge in [0.1, 0.15) is 0 Å². The molecule has 0 radical (unpaired) electrons. The van der Waals surface area contributed by atoms with E-state index in [1.165, 1.54) is 11.1 Å². The van der Waals surface area contributed by atoms with Crippen molar-refractivity contribution in [2.24, 2.45) is 5.84 Å². The van der Waals surface area contributed by atoms with E-state index in [0.29, 0.717) is 29.4 Å². The highest BCUT2D eigenvalue weighted by molar-refractivity contribution is 5.96. The second-order valence-corrected chi connectivity index (χ2v) is 9.57. The fourth-order valence-electron chi connectivity index (χ4n) is 5.12. The molecule has 2 aliphatic heterocycles. The number of hydrazine groups is 1.